The first-order valence-electron chi connectivity index (χ1n) is 5.07. The van der Waals surface area contributed by atoms with E-state index in [2.05, 4.69) is 10.2 Å². The summed E-state index contributed by atoms with van der Waals surface area (Å²) in [5.41, 5.74) is 1.76. The Balaban J connectivity index is 3.37. The van der Waals surface area contributed by atoms with Crippen molar-refractivity contribution in [2.45, 2.75) is 46.0 Å². The highest BCUT2D eigenvalue weighted by Gasteiger charge is 2.27. The topological polar surface area (TPSA) is 66.0 Å². The van der Waals surface area contributed by atoms with Gasteiger partial charge in [-0.2, -0.15) is 5.10 Å². The minimum atomic E-state index is -0.967. The molecule has 4 nitrogen and oxygen atoms in total. The Hall–Kier alpha value is -1.32. The lowest BCUT2D eigenvalue weighted by atomic mass is 9.85. The van der Waals surface area contributed by atoms with Gasteiger partial charge in [0.2, 0.25) is 0 Å². The van der Waals surface area contributed by atoms with E-state index < -0.39 is 5.97 Å². The summed E-state index contributed by atoms with van der Waals surface area (Å²) in [6, 6.07) is 0. The van der Waals surface area contributed by atoms with Crippen molar-refractivity contribution >= 4 is 5.97 Å². The molecular formula is C11H18N2O2. The van der Waals surface area contributed by atoms with Gasteiger partial charge in [-0.05, 0) is 5.92 Å². The molecule has 0 spiro atoms. The molecule has 1 aromatic heterocycles. The molecule has 0 fully saturated rings. The molecular weight excluding hydrogens is 192 g/mol. The number of aromatic amines is 1. The maximum absolute atomic E-state index is 11.0. The Morgan fingerprint density at radius 3 is 2.27 bits per heavy atom. The average Bonchev–Trinajstić information content (AvgIpc) is 2.45. The van der Waals surface area contributed by atoms with Crippen LogP contribution >= 0.6 is 0 Å². The molecule has 0 amide bonds. The first-order chi connectivity index (χ1) is 6.75. The van der Waals surface area contributed by atoms with Crippen molar-refractivity contribution in [1.82, 2.24) is 10.2 Å². The Bertz CT molecular complexity index is 372. The molecule has 1 aromatic rings. The normalized spacial score (nSPS) is 12.1. The molecule has 0 bridgehead atoms. The summed E-state index contributed by atoms with van der Waals surface area (Å²) in [7, 11) is 0. The summed E-state index contributed by atoms with van der Waals surface area (Å²) in [4.78, 5) is 11.0. The molecule has 4 heteroatoms. The number of H-pyrrole nitrogens is 1. The van der Waals surface area contributed by atoms with E-state index in [9.17, 15) is 4.79 Å². The fourth-order valence-electron chi connectivity index (χ4n) is 1.65. The van der Waals surface area contributed by atoms with Gasteiger partial charge in [-0.25, -0.2) is 4.79 Å². The van der Waals surface area contributed by atoms with Crippen LogP contribution in [-0.2, 0) is 5.41 Å². The lowest BCUT2D eigenvalue weighted by molar-refractivity contribution is 0.0689. The van der Waals surface area contributed by atoms with Crippen LogP contribution in [0.1, 0.15) is 62.3 Å². The molecule has 0 radical (unpaired) electrons. The number of carboxylic acid groups (broad SMARTS) is 1. The number of nitrogens with zero attached hydrogens (tertiary/aromatic N) is 1. The molecule has 2 N–H and O–H groups in total. The van der Waals surface area contributed by atoms with Gasteiger partial charge >= 0.3 is 5.97 Å². The van der Waals surface area contributed by atoms with Gasteiger partial charge in [-0.15, -0.1) is 0 Å². The number of nitrogens with one attached hydrogen (secondary N) is 1. The number of aromatic nitrogens is 2. The highest BCUT2D eigenvalue weighted by Crippen LogP contribution is 2.30. The van der Waals surface area contributed by atoms with Crippen LogP contribution in [0.5, 0.6) is 0 Å². The van der Waals surface area contributed by atoms with Gasteiger partial charge in [-0.3, -0.25) is 5.10 Å². The van der Waals surface area contributed by atoms with E-state index in [0.717, 1.165) is 11.3 Å². The van der Waals surface area contributed by atoms with Crippen LogP contribution in [0.15, 0.2) is 0 Å². The summed E-state index contributed by atoms with van der Waals surface area (Å²) in [6.45, 7) is 10.1. The number of carbonyl (C=O) groups is 1. The van der Waals surface area contributed by atoms with E-state index in [0.29, 0.717) is 0 Å². The standard InChI is InChI=1S/C11H18N2O2/c1-6(2)7-8(10(14)15)12-13-9(7)11(3,4)5/h6H,1-5H3,(H,12,13)(H,14,15). The Morgan fingerprint density at radius 1 is 1.40 bits per heavy atom. The molecule has 0 aromatic carbocycles. The van der Waals surface area contributed by atoms with Gasteiger partial charge in [0.05, 0.1) is 0 Å². The van der Waals surface area contributed by atoms with Crippen molar-refractivity contribution < 1.29 is 9.90 Å². The minimum Gasteiger partial charge on any atom is -0.476 e. The molecule has 0 aliphatic rings. The largest absolute Gasteiger partial charge is 0.476 e. The van der Waals surface area contributed by atoms with E-state index in [4.69, 9.17) is 5.11 Å². The molecule has 0 saturated heterocycles. The first-order valence-corrected chi connectivity index (χ1v) is 5.07. The molecule has 1 heterocycles. The molecule has 0 aliphatic carbocycles. The summed E-state index contributed by atoms with van der Waals surface area (Å²) >= 11 is 0. The summed E-state index contributed by atoms with van der Waals surface area (Å²) in [5.74, 6) is -0.811. The monoisotopic (exact) mass is 210 g/mol. The molecule has 0 atom stereocenters. The zero-order valence-electron chi connectivity index (χ0n) is 9.88. The van der Waals surface area contributed by atoms with Crippen LogP contribution in [0.3, 0.4) is 0 Å². The first kappa shape index (κ1) is 11.8. The fourth-order valence-corrected chi connectivity index (χ4v) is 1.65. The lowest BCUT2D eigenvalue weighted by Crippen LogP contribution is -2.15. The summed E-state index contributed by atoms with van der Waals surface area (Å²) < 4.78 is 0. The second kappa shape index (κ2) is 3.68. The Kier molecular flexibility index (Phi) is 2.88. The molecule has 0 aliphatic heterocycles. The van der Waals surface area contributed by atoms with Crippen LogP contribution in [-0.4, -0.2) is 21.3 Å². The Morgan fingerprint density at radius 2 is 1.93 bits per heavy atom. The summed E-state index contributed by atoms with van der Waals surface area (Å²) in [5, 5.41) is 15.7. The third-order valence-corrected chi connectivity index (χ3v) is 2.33. The van der Waals surface area contributed by atoms with Gasteiger partial charge in [-0.1, -0.05) is 34.6 Å². The van der Waals surface area contributed by atoms with Crippen LogP contribution in [0.2, 0.25) is 0 Å². The van der Waals surface area contributed by atoms with Crippen LogP contribution < -0.4 is 0 Å². The van der Waals surface area contributed by atoms with Crippen LogP contribution in [0, 0.1) is 0 Å². The van der Waals surface area contributed by atoms with Crippen molar-refractivity contribution in [1.29, 1.82) is 0 Å². The van der Waals surface area contributed by atoms with E-state index in [1.54, 1.807) is 0 Å². The third kappa shape index (κ3) is 2.19. The van der Waals surface area contributed by atoms with Gasteiger partial charge < -0.3 is 5.11 Å². The second-order valence-corrected chi connectivity index (χ2v) is 5.07. The minimum absolute atomic E-state index is 0.111. The average molecular weight is 210 g/mol. The second-order valence-electron chi connectivity index (χ2n) is 5.07. The quantitative estimate of drug-likeness (QED) is 0.788. The molecule has 15 heavy (non-hydrogen) atoms. The highest BCUT2D eigenvalue weighted by atomic mass is 16.4. The molecule has 0 saturated carbocycles. The van der Waals surface area contributed by atoms with Gasteiger partial charge in [0, 0.05) is 16.7 Å². The third-order valence-electron chi connectivity index (χ3n) is 2.33. The van der Waals surface area contributed by atoms with Crippen molar-refractivity contribution in [2.75, 3.05) is 0 Å². The summed E-state index contributed by atoms with van der Waals surface area (Å²) in [6.07, 6.45) is 0. The molecule has 1 rings (SSSR count). The lowest BCUT2D eigenvalue weighted by Gasteiger charge is -2.20. The van der Waals surface area contributed by atoms with Gasteiger partial charge in [0.15, 0.2) is 5.69 Å². The highest BCUT2D eigenvalue weighted by molar-refractivity contribution is 5.87. The maximum atomic E-state index is 11.0. The van der Waals surface area contributed by atoms with E-state index in [-0.39, 0.29) is 17.0 Å². The van der Waals surface area contributed by atoms with Gasteiger partial charge in [0.1, 0.15) is 0 Å². The number of aromatic carboxylic acids is 1. The van der Waals surface area contributed by atoms with Crippen molar-refractivity contribution in [3.05, 3.63) is 17.0 Å². The smallest absolute Gasteiger partial charge is 0.356 e. The molecule has 84 valence electrons. The van der Waals surface area contributed by atoms with Crippen molar-refractivity contribution in [3.63, 3.8) is 0 Å². The van der Waals surface area contributed by atoms with Gasteiger partial charge in [0.25, 0.3) is 0 Å². The maximum Gasteiger partial charge on any atom is 0.356 e. The fraction of sp³-hybridized carbons (Fsp3) is 0.636. The molecule has 0 unspecified atom stereocenters. The number of hydrogen-bond donors (Lipinski definition) is 2. The van der Waals surface area contributed by atoms with Crippen LogP contribution in [0.4, 0.5) is 0 Å². The van der Waals surface area contributed by atoms with E-state index in [1.165, 1.54) is 0 Å². The SMILES string of the molecule is CC(C)c1c(C(=O)O)n[nH]c1C(C)(C)C. The number of hydrogen-bond acceptors (Lipinski definition) is 2. The Labute approximate surface area is 89.7 Å². The zero-order valence-corrected chi connectivity index (χ0v) is 9.88. The van der Waals surface area contributed by atoms with Crippen LogP contribution in [0.25, 0.3) is 0 Å². The number of rotatable bonds is 2. The number of carboxylic acids is 1. The van der Waals surface area contributed by atoms with Crippen molar-refractivity contribution in [2.24, 2.45) is 0 Å². The van der Waals surface area contributed by atoms with E-state index in [1.807, 2.05) is 34.6 Å². The van der Waals surface area contributed by atoms with Crippen molar-refractivity contribution in [3.8, 4) is 0 Å². The van der Waals surface area contributed by atoms with E-state index >= 15 is 0 Å². The predicted molar refractivity (Wildman–Crippen MR) is 58.3 cm³/mol. The zero-order chi connectivity index (χ0) is 11.8. The predicted octanol–water partition coefficient (Wildman–Crippen LogP) is 2.53.